The van der Waals surface area contributed by atoms with Crippen molar-refractivity contribution in [1.82, 2.24) is 9.55 Å². The number of nitrogens with zero attached hydrogens (tertiary/aromatic N) is 2. The highest BCUT2D eigenvalue weighted by atomic mass is 16.3. The number of aliphatic hydroxyl groups is 1. The molecule has 1 aromatic heterocycles. The summed E-state index contributed by atoms with van der Waals surface area (Å²) in [4.78, 5) is 4.95. The zero-order chi connectivity index (χ0) is 16.7. The van der Waals surface area contributed by atoms with Gasteiger partial charge in [0.15, 0.2) is 0 Å². The molecule has 0 fully saturated rings. The second-order valence-corrected chi connectivity index (χ2v) is 6.85. The first-order valence-electron chi connectivity index (χ1n) is 8.19. The SMILES string of the molecule is CC(C)(O)Cn1c(-c2ccccc2)nc2c3ccccc3ccc21. The van der Waals surface area contributed by atoms with Crippen LogP contribution >= 0.6 is 0 Å². The third kappa shape index (κ3) is 2.57. The molecule has 0 unspecified atom stereocenters. The number of rotatable bonds is 3. The van der Waals surface area contributed by atoms with Crippen LogP contribution in [0.2, 0.25) is 0 Å². The Morgan fingerprint density at radius 3 is 2.38 bits per heavy atom. The summed E-state index contributed by atoms with van der Waals surface area (Å²) in [5.74, 6) is 0.893. The van der Waals surface area contributed by atoms with Crippen molar-refractivity contribution in [2.75, 3.05) is 0 Å². The normalized spacial score (nSPS) is 12.1. The molecule has 24 heavy (non-hydrogen) atoms. The molecule has 1 N–H and O–H groups in total. The minimum atomic E-state index is -0.817. The topological polar surface area (TPSA) is 38.0 Å². The molecule has 0 aliphatic rings. The predicted octanol–water partition coefficient (Wildman–Crippen LogP) is 4.63. The maximum atomic E-state index is 10.4. The number of aromatic nitrogens is 2. The smallest absolute Gasteiger partial charge is 0.141 e. The molecule has 0 saturated heterocycles. The Kier molecular flexibility index (Phi) is 3.39. The first kappa shape index (κ1) is 14.9. The summed E-state index contributed by atoms with van der Waals surface area (Å²) in [6.07, 6.45) is 0. The van der Waals surface area contributed by atoms with Crippen molar-refractivity contribution in [1.29, 1.82) is 0 Å². The Labute approximate surface area is 141 Å². The van der Waals surface area contributed by atoms with Crippen molar-refractivity contribution in [2.24, 2.45) is 0 Å². The molecule has 3 heteroatoms. The fourth-order valence-electron chi connectivity index (χ4n) is 3.21. The number of hydrogen-bond acceptors (Lipinski definition) is 2. The van der Waals surface area contributed by atoms with Gasteiger partial charge >= 0.3 is 0 Å². The molecule has 0 atom stereocenters. The Morgan fingerprint density at radius 2 is 1.62 bits per heavy atom. The van der Waals surface area contributed by atoms with Gasteiger partial charge in [-0.15, -0.1) is 0 Å². The van der Waals surface area contributed by atoms with Crippen LogP contribution in [0, 0.1) is 0 Å². The van der Waals surface area contributed by atoms with E-state index < -0.39 is 5.60 Å². The van der Waals surface area contributed by atoms with E-state index in [2.05, 4.69) is 41.0 Å². The lowest BCUT2D eigenvalue weighted by Gasteiger charge is -2.20. The third-order valence-electron chi connectivity index (χ3n) is 4.22. The highest BCUT2D eigenvalue weighted by Gasteiger charge is 2.20. The molecule has 0 amide bonds. The average Bonchev–Trinajstić information content (AvgIpc) is 2.93. The predicted molar refractivity (Wildman–Crippen MR) is 99.0 cm³/mol. The zero-order valence-corrected chi connectivity index (χ0v) is 13.9. The minimum Gasteiger partial charge on any atom is -0.389 e. The van der Waals surface area contributed by atoms with Crippen LogP contribution in [0.1, 0.15) is 13.8 Å². The van der Waals surface area contributed by atoms with Crippen LogP contribution in [0.5, 0.6) is 0 Å². The van der Waals surface area contributed by atoms with Crippen molar-refractivity contribution < 1.29 is 5.11 Å². The van der Waals surface area contributed by atoms with E-state index in [4.69, 9.17) is 4.98 Å². The van der Waals surface area contributed by atoms with Crippen molar-refractivity contribution in [3.63, 3.8) is 0 Å². The number of benzene rings is 3. The van der Waals surface area contributed by atoms with Crippen LogP contribution in [0.15, 0.2) is 66.7 Å². The molecule has 0 bridgehead atoms. The average molecular weight is 316 g/mol. The second kappa shape index (κ2) is 5.46. The molecule has 0 aliphatic carbocycles. The zero-order valence-electron chi connectivity index (χ0n) is 13.9. The van der Waals surface area contributed by atoms with Gasteiger partial charge in [0, 0.05) is 10.9 Å². The maximum Gasteiger partial charge on any atom is 0.141 e. The quantitative estimate of drug-likeness (QED) is 0.598. The highest BCUT2D eigenvalue weighted by Crippen LogP contribution is 2.31. The lowest BCUT2D eigenvalue weighted by molar-refractivity contribution is 0.0631. The largest absolute Gasteiger partial charge is 0.389 e. The van der Waals surface area contributed by atoms with Crippen molar-refractivity contribution in [2.45, 2.75) is 26.0 Å². The van der Waals surface area contributed by atoms with E-state index in [-0.39, 0.29) is 0 Å². The summed E-state index contributed by atoms with van der Waals surface area (Å²) in [5.41, 5.74) is 2.27. The van der Waals surface area contributed by atoms with Crippen LogP contribution in [0.25, 0.3) is 33.2 Å². The first-order valence-corrected chi connectivity index (χ1v) is 8.19. The molecular formula is C21H20N2O. The molecule has 0 aliphatic heterocycles. The van der Waals surface area contributed by atoms with Crippen LogP contribution in [0.4, 0.5) is 0 Å². The van der Waals surface area contributed by atoms with Gasteiger partial charge in [-0.2, -0.15) is 0 Å². The summed E-state index contributed by atoms with van der Waals surface area (Å²) in [7, 11) is 0. The molecule has 0 saturated carbocycles. The molecule has 0 spiro atoms. The van der Waals surface area contributed by atoms with Gasteiger partial charge in [0.05, 0.1) is 23.2 Å². The van der Waals surface area contributed by atoms with Crippen molar-refractivity contribution in [3.05, 3.63) is 66.7 Å². The summed E-state index contributed by atoms with van der Waals surface area (Å²) < 4.78 is 2.12. The van der Waals surface area contributed by atoms with E-state index >= 15 is 0 Å². The number of hydrogen-bond donors (Lipinski definition) is 1. The van der Waals surface area contributed by atoms with Gasteiger partial charge in [-0.05, 0) is 25.3 Å². The van der Waals surface area contributed by atoms with Gasteiger partial charge in [0.1, 0.15) is 5.82 Å². The van der Waals surface area contributed by atoms with E-state index in [1.807, 2.05) is 44.2 Å². The van der Waals surface area contributed by atoms with E-state index in [1.165, 1.54) is 5.39 Å². The molecule has 4 aromatic rings. The van der Waals surface area contributed by atoms with E-state index in [0.29, 0.717) is 6.54 Å². The number of imidazole rings is 1. The van der Waals surface area contributed by atoms with Crippen LogP contribution in [-0.4, -0.2) is 20.3 Å². The molecule has 120 valence electrons. The minimum absolute atomic E-state index is 0.492. The summed E-state index contributed by atoms with van der Waals surface area (Å²) in [5, 5.41) is 12.7. The Bertz CT molecular complexity index is 1010. The molecule has 1 heterocycles. The second-order valence-electron chi connectivity index (χ2n) is 6.85. The fraction of sp³-hybridized carbons (Fsp3) is 0.190. The van der Waals surface area contributed by atoms with Gasteiger partial charge < -0.3 is 9.67 Å². The first-order chi connectivity index (χ1) is 11.5. The van der Waals surface area contributed by atoms with Gasteiger partial charge in [0.2, 0.25) is 0 Å². The molecular weight excluding hydrogens is 296 g/mol. The van der Waals surface area contributed by atoms with E-state index in [1.54, 1.807) is 0 Å². The Balaban J connectivity index is 2.06. The Morgan fingerprint density at radius 1 is 0.917 bits per heavy atom. The van der Waals surface area contributed by atoms with Crippen LogP contribution in [-0.2, 0) is 6.54 Å². The van der Waals surface area contributed by atoms with E-state index in [0.717, 1.165) is 27.8 Å². The fourth-order valence-corrected chi connectivity index (χ4v) is 3.21. The lowest BCUT2D eigenvalue weighted by atomic mass is 10.1. The lowest BCUT2D eigenvalue weighted by Crippen LogP contribution is -2.26. The summed E-state index contributed by atoms with van der Waals surface area (Å²) >= 11 is 0. The van der Waals surface area contributed by atoms with Crippen LogP contribution in [0.3, 0.4) is 0 Å². The molecule has 3 aromatic carbocycles. The molecule has 0 radical (unpaired) electrons. The van der Waals surface area contributed by atoms with Crippen molar-refractivity contribution in [3.8, 4) is 11.4 Å². The van der Waals surface area contributed by atoms with Crippen LogP contribution < -0.4 is 0 Å². The maximum absolute atomic E-state index is 10.4. The molecule has 3 nitrogen and oxygen atoms in total. The van der Waals surface area contributed by atoms with Gasteiger partial charge in [-0.3, -0.25) is 0 Å². The standard InChI is InChI=1S/C21H20N2O/c1-21(2,24)14-23-18-13-12-15-8-6-7-11-17(15)19(18)22-20(23)16-9-4-3-5-10-16/h3-13,24H,14H2,1-2H3. The highest BCUT2D eigenvalue weighted by molar-refractivity contribution is 6.05. The monoisotopic (exact) mass is 316 g/mol. The summed E-state index contributed by atoms with van der Waals surface area (Å²) in [6.45, 7) is 4.15. The van der Waals surface area contributed by atoms with E-state index in [9.17, 15) is 5.11 Å². The summed E-state index contributed by atoms with van der Waals surface area (Å²) in [6, 6.07) is 22.7. The number of fused-ring (bicyclic) bond motifs is 3. The van der Waals surface area contributed by atoms with Crippen molar-refractivity contribution >= 4 is 21.8 Å². The molecule has 4 rings (SSSR count). The third-order valence-corrected chi connectivity index (χ3v) is 4.22. The Hall–Kier alpha value is -2.65. The van der Waals surface area contributed by atoms with Gasteiger partial charge in [-0.1, -0.05) is 60.7 Å². The van der Waals surface area contributed by atoms with Gasteiger partial charge in [-0.25, -0.2) is 4.98 Å². The van der Waals surface area contributed by atoms with Gasteiger partial charge in [0.25, 0.3) is 0 Å².